The summed E-state index contributed by atoms with van der Waals surface area (Å²) in [4.78, 5) is 31.0. The lowest BCUT2D eigenvalue weighted by molar-refractivity contribution is 0.386. The number of nitriles is 2. The number of rotatable bonds is 5. The molecule has 0 aliphatic heterocycles. The second-order valence-corrected chi connectivity index (χ2v) is 8.30. The summed E-state index contributed by atoms with van der Waals surface area (Å²) >= 11 is 7.04. The minimum absolute atomic E-state index is 0.0278. The average Bonchev–Trinajstić information content (AvgIpc) is 3.24. The fourth-order valence-corrected chi connectivity index (χ4v) is 4.70. The zero-order valence-electron chi connectivity index (χ0n) is 17.0. The van der Waals surface area contributed by atoms with Crippen molar-refractivity contribution >= 4 is 33.2 Å². The van der Waals surface area contributed by atoms with E-state index in [9.17, 15) is 19.2 Å². The molecule has 4 rings (SSSR count). The van der Waals surface area contributed by atoms with Crippen LogP contribution in [0.4, 0.5) is 4.39 Å². The van der Waals surface area contributed by atoms with Gasteiger partial charge in [-0.1, -0.05) is 11.6 Å². The first-order valence-corrected chi connectivity index (χ1v) is 10.6. The fourth-order valence-electron chi connectivity index (χ4n) is 3.41. The van der Waals surface area contributed by atoms with E-state index in [-0.39, 0.29) is 39.7 Å². The van der Waals surface area contributed by atoms with Crippen LogP contribution in [0.3, 0.4) is 0 Å². The second kappa shape index (κ2) is 8.87. The summed E-state index contributed by atoms with van der Waals surface area (Å²) in [5, 5.41) is 18.8. The Hall–Kier alpha value is -3.99. The van der Waals surface area contributed by atoms with Gasteiger partial charge in [-0.25, -0.2) is 13.8 Å². The van der Waals surface area contributed by atoms with Crippen LogP contribution in [0.1, 0.15) is 12.0 Å². The van der Waals surface area contributed by atoms with Gasteiger partial charge in [0.2, 0.25) is 0 Å². The van der Waals surface area contributed by atoms with Gasteiger partial charge >= 0.3 is 5.69 Å². The Morgan fingerprint density at radius 2 is 2.00 bits per heavy atom. The number of ether oxygens (including phenoxy) is 1. The molecule has 0 radical (unpaired) electrons. The molecule has 4 aromatic rings. The highest BCUT2D eigenvalue weighted by molar-refractivity contribution is 7.22. The lowest BCUT2D eigenvalue weighted by atomic mass is 10.1. The van der Waals surface area contributed by atoms with Crippen molar-refractivity contribution in [2.45, 2.75) is 13.0 Å². The maximum absolute atomic E-state index is 14.1. The summed E-state index contributed by atoms with van der Waals surface area (Å²) in [5.41, 5.74) is -0.374. The maximum atomic E-state index is 14.1. The largest absolute Gasteiger partial charge is 0.494 e. The zero-order valence-corrected chi connectivity index (χ0v) is 18.6. The molecule has 33 heavy (non-hydrogen) atoms. The van der Waals surface area contributed by atoms with Gasteiger partial charge in [0.25, 0.3) is 5.56 Å². The molecule has 0 bridgehead atoms. The smallest absolute Gasteiger partial charge is 0.336 e. The number of halogens is 2. The number of benzene rings is 1. The number of pyridine rings is 1. The molecule has 3 aromatic heterocycles. The number of fused-ring (bicyclic) bond motifs is 1. The van der Waals surface area contributed by atoms with Crippen LogP contribution in [0.25, 0.3) is 26.3 Å². The van der Waals surface area contributed by atoms with Crippen LogP contribution in [0.15, 0.2) is 46.2 Å². The number of aromatic nitrogens is 3. The first-order valence-electron chi connectivity index (χ1n) is 9.45. The van der Waals surface area contributed by atoms with Gasteiger partial charge in [0, 0.05) is 23.2 Å². The minimum atomic E-state index is -0.694. The molecule has 0 fully saturated rings. The van der Waals surface area contributed by atoms with Gasteiger partial charge in [-0.3, -0.25) is 14.3 Å². The Morgan fingerprint density at radius 3 is 2.67 bits per heavy atom. The number of methoxy groups -OCH3 is 1. The molecule has 0 saturated heterocycles. The van der Waals surface area contributed by atoms with E-state index < -0.39 is 17.1 Å². The van der Waals surface area contributed by atoms with Gasteiger partial charge in [0.05, 0.1) is 53.7 Å². The van der Waals surface area contributed by atoms with Gasteiger partial charge in [-0.15, -0.1) is 11.3 Å². The van der Waals surface area contributed by atoms with Crippen molar-refractivity contribution in [3.05, 3.63) is 73.9 Å². The minimum Gasteiger partial charge on any atom is -0.494 e. The van der Waals surface area contributed by atoms with E-state index in [4.69, 9.17) is 21.6 Å². The number of aryl methyl sites for hydroxylation is 1. The first-order chi connectivity index (χ1) is 15.9. The van der Waals surface area contributed by atoms with E-state index in [1.54, 1.807) is 6.07 Å². The Bertz CT molecular complexity index is 1610. The summed E-state index contributed by atoms with van der Waals surface area (Å²) in [6, 6.07) is 9.37. The summed E-state index contributed by atoms with van der Waals surface area (Å²) in [7, 11) is 1.30. The van der Waals surface area contributed by atoms with Gasteiger partial charge in [0.1, 0.15) is 4.70 Å². The van der Waals surface area contributed by atoms with Crippen LogP contribution >= 0.6 is 22.9 Å². The highest BCUT2D eigenvalue weighted by Crippen LogP contribution is 2.36. The third kappa shape index (κ3) is 3.87. The molecular weight excluding hydrogens is 469 g/mol. The summed E-state index contributed by atoms with van der Waals surface area (Å²) in [5.74, 6) is -0.758. The standard InChI is InChI=1S/C22H13ClFN5O3S/c1-32-18-7-15(12(9-26)5-16(18)24)19-8-17-20(33-19)21(30)29(14-6-13(23)10-27-11-14)22(31)28(17)4-2-3-25/h5-8,10-11H,2,4H2,1H3. The molecule has 0 spiro atoms. The van der Waals surface area contributed by atoms with Crippen molar-refractivity contribution in [3.63, 3.8) is 0 Å². The molecule has 8 nitrogen and oxygen atoms in total. The zero-order chi connectivity index (χ0) is 23.7. The lowest BCUT2D eigenvalue weighted by Crippen LogP contribution is -2.38. The monoisotopic (exact) mass is 481 g/mol. The predicted molar refractivity (Wildman–Crippen MR) is 121 cm³/mol. The number of hydrogen-bond acceptors (Lipinski definition) is 7. The highest BCUT2D eigenvalue weighted by Gasteiger charge is 2.21. The quantitative estimate of drug-likeness (QED) is 0.427. The SMILES string of the molecule is COc1cc(-c2cc3c(s2)c(=O)n(-c2cncc(Cl)c2)c(=O)n3CCC#N)c(C#N)cc1F. The normalized spacial score (nSPS) is 10.7. The van der Waals surface area contributed by atoms with Gasteiger partial charge < -0.3 is 4.74 Å². The molecule has 0 amide bonds. The number of hydrogen-bond donors (Lipinski definition) is 0. The molecule has 11 heteroatoms. The maximum Gasteiger partial charge on any atom is 0.336 e. The number of nitrogens with zero attached hydrogens (tertiary/aromatic N) is 5. The van der Waals surface area contributed by atoms with Crippen molar-refractivity contribution in [2.75, 3.05) is 7.11 Å². The molecular formula is C22H13ClFN5O3S. The van der Waals surface area contributed by atoms with Gasteiger partial charge in [-0.05, 0) is 24.3 Å². The van der Waals surface area contributed by atoms with Crippen molar-refractivity contribution in [3.8, 4) is 34.0 Å². The van der Waals surface area contributed by atoms with Crippen LogP contribution in [0.2, 0.25) is 5.02 Å². The van der Waals surface area contributed by atoms with Crippen LogP contribution in [-0.4, -0.2) is 21.2 Å². The lowest BCUT2D eigenvalue weighted by Gasteiger charge is -2.10. The van der Waals surface area contributed by atoms with Crippen molar-refractivity contribution in [1.82, 2.24) is 14.1 Å². The van der Waals surface area contributed by atoms with E-state index in [1.165, 1.54) is 36.2 Å². The van der Waals surface area contributed by atoms with Crippen molar-refractivity contribution < 1.29 is 9.13 Å². The van der Waals surface area contributed by atoms with E-state index in [0.717, 1.165) is 22.0 Å². The van der Waals surface area contributed by atoms with Crippen molar-refractivity contribution in [2.24, 2.45) is 0 Å². The van der Waals surface area contributed by atoms with E-state index >= 15 is 0 Å². The number of thiophene rings is 1. The van der Waals surface area contributed by atoms with Crippen molar-refractivity contribution in [1.29, 1.82) is 10.5 Å². The molecule has 0 saturated carbocycles. The molecule has 0 aliphatic rings. The topological polar surface area (TPSA) is 114 Å². The molecule has 1 aromatic carbocycles. The van der Waals surface area contributed by atoms with E-state index in [1.807, 2.05) is 12.1 Å². The van der Waals surface area contributed by atoms with Crippen LogP contribution in [0, 0.1) is 28.5 Å². The second-order valence-electron chi connectivity index (χ2n) is 6.81. The van der Waals surface area contributed by atoms with E-state index in [2.05, 4.69) is 4.98 Å². The van der Waals surface area contributed by atoms with Crippen LogP contribution in [0.5, 0.6) is 5.75 Å². The Balaban J connectivity index is 2.07. The first kappa shape index (κ1) is 22.2. The van der Waals surface area contributed by atoms with E-state index in [0.29, 0.717) is 16.0 Å². The Morgan fingerprint density at radius 1 is 1.21 bits per heavy atom. The van der Waals surface area contributed by atoms with Crippen LogP contribution < -0.4 is 16.0 Å². The Kier molecular flexibility index (Phi) is 5.97. The summed E-state index contributed by atoms with van der Waals surface area (Å²) < 4.78 is 21.6. The molecule has 3 heterocycles. The summed E-state index contributed by atoms with van der Waals surface area (Å²) in [6.07, 6.45) is 2.74. The van der Waals surface area contributed by atoms with Crippen LogP contribution in [-0.2, 0) is 6.54 Å². The molecule has 0 aliphatic carbocycles. The third-order valence-corrected chi connectivity index (χ3v) is 6.25. The average molecular weight is 482 g/mol. The molecule has 0 N–H and O–H groups in total. The molecule has 0 atom stereocenters. The Labute approximate surface area is 194 Å². The molecule has 0 unspecified atom stereocenters. The fraction of sp³-hybridized carbons (Fsp3) is 0.136. The predicted octanol–water partition coefficient (Wildman–Crippen LogP) is 3.86. The highest BCUT2D eigenvalue weighted by atomic mass is 35.5. The third-order valence-electron chi connectivity index (χ3n) is 4.90. The van der Waals surface area contributed by atoms with Gasteiger partial charge in [-0.2, -0.15) is 10.5 Å². The molecule has 164 valence electrons. The van der Waals surface area contributed by atoms with Gasteiger partial charge in [0.15, 0.2) is 11.6 Å². The summed E-state index contributed by atoms with van der Waals surface area (Å²) in [6.45, 7) is 0.0358.